The second-order valence-electron chi connectivity index (χ2n) is 5.96. The zero-order chi connectivity index (χ0) is 15.8. The van der Waals surface area contributed by atoms with Gasteiger partial charge >= 0.3 is 0 Å². The summed E-state index contributed by atoms with van der Waals surface area (Å²) in [6, 6.07) is 12.3. The van der Waals surface area contributed by atoms with Crippen LogP contribution in [0.15, 0.2) is 41.8 Å². The van der Waals surface area contributed by atoms with Crippen molar-refractivity contribution < 1.29 is 4.79 Å². The van der Waals surface area contributed by atoms with Crippen molar-refractivity contribution in [1.82, 2.24) is 14.5 Å². The molecule has 1 amide bonds. The molecule has 4 rings (SSSR count). The Kier molecular flexibility index (Phi) is 3.65. The number of para-hydroxylation sites is 2. The fourth-order valence-corrected chi connectivity index (χ4v) is 4.15. The van der Waals surface area contributed by atoms with Crippen molar-refractivity contribution >= 4 is 28.3 Å². The van der Waals surface area contributed by atoms with Crippen molar-refractivity contribution in [2.24, 2.45) is 0 Å². The first-order valence-corrected chi connectivity index (χ1v) is 8.89. The lowest BCUT2D eigenvalue weighted by Crippen LogP contribution is -2.24. The minimum Gasteiger partial charge on any atom is -0.337 e. The Labute approximate surface area is 139 Å². The van der Waals surface area contributed by atoms with Gasteiger partial charge in [0.1, 0.15) is 5.82 Å². The highest BCUT2D eigenvalue weighted by molar-refractivity contribution is 7.09. The Morgan fingerprint density at radius 3 is 2.91 bits per heavy atom. The van der Waals surface area contributed by atoms with Gasteiger partial charge in [-0.15, -0.1) is 11.3 Å². The van der Waals surface area contributed by atoms with Crippen LogP contribution in [0, 0.1) is 0 Å². The van der Waals surface area contributed by atoms with Crippen LogP contribution in [0.2, 0.25) is 0 Å². The smallest absolute Gasteiger partial charge is 0.223 e. The van der Waals surface area contributed by atoms with Crippen LogP contribution in [0.25, 0.3) is 11.0 Å². The van der Waals surface area contributed by atoms with Crippen molar-refractivity contribution in [3.8, 4) is 0 Å². The van der Waals surface area contributed by atoms with Crippen molar-refractivity contribution in [1.29, 1.82) is 0 Å². The average molecular weight is 325 g/mol. The van der Waals surface area contributed by atoms with Gasteiger partial charge in [0.15, 0.2) is 0 Å². The van der Waals surface area contributed by atoms with Gasteiger partial charge in [0.2, 0.25) is 5.91 Å². The molecule has 1 aliphatic rings. The van der Waals surface area contributed by atoms with Crippen LogP contribution in [-0.4, -0.2) is 26.9 Å². The van der Waals surface area contributed by atoms with Gasteiger partial charge in [0.25, 0.3) is 0 Å². The molecular weight excluding hydrogens is 306 g/mol. The molecule has 2 aromatic heterocycles. The number of carbonyl (C=O) groups excluding carboxylic acids is 1. The van der Waals surface area contributed by atoms with Crippen LogP contribution in [-0.2, 0) is 17.9 Å². The van der Waals surface area contributed by atoms with Crippen LogP contribution in [0.4, 0.5) is 0 Å². The zero-order valence-corrected chi connectivity index (χ0v) is 13.9. The van der Waals surface area contributed by atoms with Gasteiger partial charge in [0.05, 0.1) is 17.6 Å². The lowest BCUT2D eigenvalue weighted by Gasteiger charge is -2.16. The Bertz CT molecular complexity index is 837. The van der Waals surface area contributed by atoms with E-state index in [1.807, 2.05) is 29.2 Å². The quantitative estimate of drug-likeness (QED) is 0.734. The third-order valence-electron chi connectivity index (χ3n) is 4.51. The van der Waals surface area contributed by atoms with E-state index < -0.39 is 0 Å². The summed E-state index contributed by atoms with van der Waals surface area (Å²) < 4.78 is 2.25. The van der Waals surface area contributed by atoms with Gasteiger partial charge in [-0.1, -0.05) is 18.2 Å². The first-order chi connectivity index (χ1) is 11.3. The van der Waals surface area contributed by atoms with Crippen molar-refractivity contribution in [3.05, 3.63) is 52.5 Å². The van der Waals surface area contributed by atoms with Gasteiger partial charge in [-0.2, -0.15) is 0 Å². The number of fused-ring (bicyclic) bond motifs is 1. The van der Waals surface area contributed by atoms with Crippen molar-refractivity contribution in [3.63, 3.8) is 0 Å². The molecule has 1 aliphatic heterocycles. The van der Waals surface area contributed by atoms with E-state index >= 15 is 0 Å². The topological polar surface area (TPSA) is 38.1 Å². The highest BCUT2D eigenvalue weighted by Gasteiger charge is 2.33. The molecule has 0 radical (unpaired) electrons. The Morgan fingerprint density at radius 2 is 2.13 bits per heavy atom. The molecule has 1 saturated heterocycles. The number of imidazole rings is 1. The molecule has 4 nitrogen and oxygen atoms in total. The molecule has 1 fully saturated rings. The summed E-state index contributed by atoms with van der Waals surface area (Å²) in [5, 5.41) is 2.06. The van der Waals surface area contributed by atoms with Crippen molar-refractivity contribution in [2.45, 2.75) is 32.4 Å². The largest absolute Gasteiger partial charge is 0.337 e. The molecule has 3 heterocycles. The molecule has 118 valence electrons. The van der Waals surface area contributed by atoms with Gasteiger partial charge in [-0.25, -0.2) is 4.98 Å². The summed E-state index contributed by atoms with van der Waals surface area (Å²) in [7, 11) is 0. The molecule has 1 atom stereocenters. The maximum Gasteiger partial charge on any atom is 0.223 e. The number of rotatable bonds is 4. The number of likely N-dealkylation sites (tertiary alicyclic amines) is 1. The summed E-state index contributed by atoms with van der Waals surface area (Å²) in [5.74, 6) is 1.48. The average Bonchev–Trinajstić information content (AvgIpc) is 3.27. The summed E-state index contributed by atoms with van der Waals surface area (Å²) >= 11 is 1.71. The number of thiophene rings is 1. The summed E-state index contributed by atoms with van der Waals surface area (Å²) in [6.07, 6.45) is 0.564. The summed E-state index contributed by atoms with van der Waals surface area (Å²) in [5.41, 5.74) is 2.18. The van der Waals surface area contributed by atoms with Gasteiger partial charge in [-0.3, -0.25) is 4.79 Å². The minimum atomic E-state index is 0.190. The molecular formula is C18H19N3OS. The lowest BCUT2D eigenvalue weighted by molar-refractivity contribution is -0.128. The van der Waals surface area contributed by atoms with E-state index in [4.69, 9.17) is 4.98 Å². The third kappa shape index (κ3) is 2.55. The maximum atomic E-state index is 12.4. The standard InChI is InChI=1S/C18H19N3OS/c1-2-21-16-8-4-3-7-15(16)19-18(21)13-10-17(22)20(11-13)12-14-6-5-9-23-14/h3-9,13H,2,10-12H2,1H3/t13-/m0/s1. The third-order valence-corrected chi connectivity index (χ3v) is 5.37. The zero-order valence-electron chi connectivity index (χ0n) is 13.1. The van der Waals surface area contributed by atoms with E-state index in [-0.39, 0.29) is 11.8 Å². The van der Waals surface area contributed by atoms with E-state index in [1.165, 1.54) is 4.88 Å². The maximum absolute atomic E-state index is 12.4. The van der Waals surface area contributed by atoms with Crippen LogP contribution < -0.4 is 0 Å². The highest BCUT2D eigenvalue weighted by Crippen LogP contribution is 2.31. The lowest BCUT2D eigenvalue weighted by atomic mass is 10.1. The number of aromatic nitrogens is 2. The van der Waals surface area contributed by atoms with E-state index in [1.54, 1.807) is 11.3 Å². The van der Waals surface area contributed by atoms with Crippen LogP contribution in [0.5, 0.6) is 0 Å². The molecule has 5 heteroatoms. The molecule has 0 saturated carbocycles. The Hall–Kier alpha value is -2.14. The number of nitrogens with zero attached hydrogens (tertiary/aromatic N) is 3. The molecule has 1 aromatic carbocycles. The van der Waals surface area contributed by atoms with Crippen molar-refractivity contribution in [2.75, 3.05) is 6.54 Å². The SMILES string of the molecule is CCn1c([C@H]2CC(=O)N(Cc3cccs3)C2)nc2ccccc21. The number of amides is 1. The van der Waals surface area contributed by atoms with Gasteiger partial charge in [-0.05, 0) is 30.5 Å². The molecule has 0 aliphatic carbocycles. The van der Waals surface area contributed by atoms with Crippen LogP contribution >= 0.6 is 11.3 Å². The Balaban J connectivity index is 1.63. The second kappa shape index (κ2) is 5.81. The Morgan fingerprint density at radius 1 is 1.26 bits per heavy atom. The molecule has 0 N–H and O–H groups in total. The monoisotopic (exact) mass is 325 g/mol. The first kappa shape index (κ1) is 14.5. The number of benzene rings is 1. The first-order valence-electron chi connectivity index (χ1n) is 8.01. The molecule has 0 unspecified atom stereocenters. The number of carbonyl (C=O) groups is 1. The second-order valence-corrected chi connectivity index (χ2v) is 6.99. The number of hydrogen-bond acceptors (Lipinski definition) is 3. The predicted molar refractivity (Wildman–Crippen MR) is 92.5 cm³/mol. The van der Waals surface area contributed by atoms with Gasteiger partial charge < -0.3 is 9.47 Å². The fraction of sp³-hybridized carbons (Fsp3) is 0.333. The van der Waals surface area contributed by atoms with Crippen LogP contribution in [0.1, 0.15) is 30.0 Å². The summed E-state index contributed by atoms with van der Waals surface area (Å²) in [6.45, 7) is 4.50. The molecule has 0 bridgehead atoms. The van der Waals surface area contributed by atoms with Crippen LogP contribution in [0.3, 0.4) is 0 Å². The van der Waals surface area contributed by atoms with E-state index in [9.17, 15) is 4.79 Å². The fourth-order valence-electron chi connectivity index (χ4n) is 3.43. The van der Waals surface area contributed by atoms with Gasteiger partial charge in [0, 0.05) is 30.3 Å². The predicted octanol–water partition coefficient (Wildman–Crippen LogP) is 3.63. The molecule has 23 heavy (non-hydrogen) atoms. The number of aryl methyl sites for hydroxylation is 1. The summed E-state index contributed by atoms with van der Waals surface area (Å²) in [4.78, 5) is 20.4. The van der Waals surface area contributed by atoms with E-state index in [0.29, 0.717) is 6.42 Å². The minimum absolute atomic E-state index is 0.190. The molecule has 0 spiro atoms. The van der Waals surface area contributed by atoms with E-state index in [2.05, 4.69) is 29.0 Å². The van der Waals surface area contributed by atoms with E-state index in [0.717, 1.165) is 36.5 Å². The molecule has 3 aromatic rings. The highest BCUT2D eigenvalue weighted by atomic mass is 32.1. The normalized spacial score (nSPS) is 18.2. The number of hydrogen-bond donors (Lipinski definition) is 0.